The van der Waals surface area contributed by atoms with Gasteiger partial charge < -0.3 is 4.74 Å². The number of ether oxygens (including phenoxy) is 1. The molecule has 0 unspecified atom stereocenters. The molecule has 0 N–H and O–H groups in total. The molecule has 0 aromatic heterocycles. The van der Waals surface area contributed by atoms with Crippen LogP contribution >= 0.6 is 22.6 Å². The first kappa shape index (κ1) is 12.4. The molecule has 2 heteroatoms. The lowest BCUT2D eigenvalue weighted by Crippen LogP contribution is -1.96. The Morgan fingerprint density at radius 1 is 1.00 bits per heavy atom. The fraction of sp³-hybridized carbons (Fsp3) is 0.200. The van der Waals surface area contributed by atoms with Crippen molar-refractivity contribution in [3.8, 4) is 5.75 Å². The van der Waals surface area contributed by atoms with E-state index in [-0.39, 0.29) is 0 Å². The molecule has 2 aromatic carbocycles. The standard InChI is InChI=1S/C15H15IO/c1-11-4-3-5-13(6-11)10-17-15-8-12(2)7-14(16)9-15/h3-9H,10H2,1-2H3. The zero-order valence-corrected chi connectivity index (χ0v) is 12.2. The molecule has 0 heterocycles. The largest absolute Gasteiger partial charge is 0.489 e. The minimum absolute atomic E-state index is 0.626. The van der Waals surface area contributed by atoms with Crippen LogP contribution in [0.5, 0.6) is 5.75 Å². The van der Waals surface area contributed by atoms with E-state index in [1.165, 1.54) is 20.3 Å². The summed E-state index contributed by atoms with van der Waals surface area (Å²) in [6, 6.07) is 14.7. The summed E-state index contributed by atoms with van der Waals surface area (Å²) >= 11 is 2.31. The highest BCUT2D eigenvalue weighted by atomic mass is 127. The molecule has 1 nitrogen and oxygen atoms in total. The summed E-state index contributed by atoms with van der Waals surface area (Å²) < 4.78 is 7.01. The first-order valence-corrected chi connectivity index (χ1v) is 6.67. The Kier molecular flexibility index (Phi) is 4.05. The molecule has 2 aromatic rings. The van der Waals surface area contributed by atoms with E-state index < -0.39 is 0 Å². The second-order valence-electron chi connectivity index (χ2n) is 4.24. The third kappa shape index (κ3) is 3.73. The summed E-state index contributed by atoms with van der Waals surface area (Å²) in [5, 5.41) is 0. The van der Waals surface area contributed by atoms with Crippen molar-refractivity contribution in [3.63, 3.8) is 0 Å². The van der Waals surface area contributed by atoms with Crippen LogP contribution in [0.3, 0.4) is 0 Å². The zero-order valence-electron chi connectivity index (χ0n) is 10.0. The van der Waals surface area contributed by atoms with E-state index in [0.717, 1.165) is 5.75 Å². The van der Waals surface area contributed by atoms with Gasteiger partial charge in [-0.1, -0.05) is 29.8 Å². The first-order valence-electron chi connectivity index (χ1n) is 5.59. The molecule has 0 saturated heterocycles. The Balaban J connectivity index is 2.07. The van der Waals surface area contributed by atoms with Gasteiger partial charge in [-0.2, -0.15) is 0 Å². The molecule has 0 aliphatic carbocycles. The van der Waals surface area contributed by atoms with Crippen molar-refractivity contribution in [2.45, 2.75) is 20.5 Å². The number of aryl methyl sites for hydroxylation is 2. The van der Waals surface area contributed by atoms with Crippen LogP contribution in [0.25, 0.3) is 0 Å². The molecule has 0 atom stereocenters. The maximum atomic E-state index is 5.80. The highest BCUT2D eigenvalue weighted by Gasteiger charge is 1.99. The maximum absolute atomic E-state index is 5.80. The molecule has 0 saturated carbocycles. The van der Waals surface area contributed by atoms with Crippen LogP contribution in [0.15, 0.2) is 42.5 Å². The molecule has 2 rings (SSSR count). The van der Waals surface area contributed by atoms with E-state index >= 15 is 0 Å². The van der Waals surface area contributed by atoms with Crippen molar-refractivity contribution in [2.24, 2.45) is 0 Å². The Morgan fingerprint density at radius 3 is 2.53 bits per heavy atom. The van der Waals surface area contributed by atoms with Gasteiger partial charge in [0.2, 0.25) is 0 Å². The zero-order chi connectivity index (χ0) is 12.3. The van der Waals surface area contributed by atoms with Crippen LogP contribution in [0, 0.1) is 17.4 Å². The Hall–Kier alpha value is -1.03. The van der Waals surface area contributed by atoms with Crippen molar-refractivity contribution in [1.82, 2.24) is 0 Å². The molecule has 0 fully saturated rings. The molecule has 0 radical (unpaired) electrons. The van der Waals surface area contributed by atoms with Gasteiger partial charge in [0.05, 0.1) is 0 Å². The van der Waals surface area contributed by atoms with Crippen molar-refractivity contribution in [2.75, 3.05) is 0 Å². The fourth-order valence-corrected chi connectivity index (χ4v) is 2.55. The van der Waals surface area contributed by atoms with E-state index in [2.05, 4.69) is 78.9 Å². The van der Waals surface area contributed by atoms with Crippen molar-refractivity contribution in [1.29, 1.82) is 0 Å². The van der Waals surface area contributed by atoms with Crippen LogP contribution in [-0.4, -0.2) is 0 Å². The minimum Gasteiger partial charge on any atom is -0.489 e. The highest BCUT2D eigenvalue weighted by molar-refractivity contribution is 14.1. The Labute approximate surface area is 116 Å². The molecule has 0 aliphatic heterocycles. The molecule has 88 valence electrons. The van der Waals surface area contributed by atoms with E-state index in [4.69, 9.17) is 4.74 Å². The molecule has 0 aliphatic rings. The Morgan fingerprint density at radius 2 is 1.82 bits per heavy atom. The second-order valence-corrected chi connectivity index (χ2v) is 5.49. The van der Waals surface area contributed by atoms with E-state index in [0.29, 0.717) is 6.61 Å². The van der Waals surface area contributed by atoms with Gasteiger partial charge in [0.25, 0.3) is 0 Å². The number of benzene rings is 2. The minimum atomic E-state index is 0.626. The van der Waals surface area contributed by atoms with E-state index in [9.17, 15) is 0 Å². The summed E-state index contributed by atoms with van der Waals surface area (Å²) in [7, 11) is 0. The average molecular weight is 338 g/mol. The van der Waals surface area contributed by atoms with Crippen molar-refractivity contribution in [3.05, 3.63) is 62.7 Å². The molecular weight excluding hydrogens is 323 g/mol. The topological polar surface area (TPSA) is 9.23 Å². The molecule has 0 bridgehead atoms. The highest BCUT2D eigenvalue weighted by Crippen LogP contribution is 2.19. The first-order chi connectivity index (χ1) is 8.13. The van der Waals surface area contributed by atoms with Crippen molar-refractivity contribution < 1.29 is 4.74 Å². The fourth-order valence-electron chi connectivity index (χ4n) is 1.75. The van der Waals surface area contributed by atoms with Crippen LogP contribution in [-0.2, 0) is 6.61 Å². The van der Waals surface area contributed by atoms with Crippen LogP contribution in [0.4, 0.5) is 0 Å². The van der Waals surface area contributed by atoms with Gasteiger partial charge in [-0.3, -0.25) is 0 Å². The molecule has 0 spiro atoms. The second kappa shape index (κ2) is 5.54. The SMILES string of the molecule is Cc1cccc(COc2cc(C)cc(I)c2)c1. The lowest BCUT2D eigenvalue weighted by molar-refractivity contribution is 0.305. The van der Waals surface area contributed by atoms with Crippen LogP contribution in [0.2, 0.25) is 0 Å². The number of rotatable bonds is 3. The lowest BCUT2D eigenvalue weighted by atomic mass is 10.1. The third-order valence-corrected chi connectivity index (χ3v) is 3.13. The van der Waals surface area contributed by atoms with Gasteiger partial charge in [0.15, 0.2) is 0 Å². The predicted molar refractivity (Wildman–Crippen MR) is 79.4 cm³/mol. The smallest absolute Gasteiger partial charge is 0.121 e. The van der Waals surface area contributed by atoms with Gasteiger partial charge in [-0.25, -0.2) is 0 Å². The molecule has 0 amide bonds. The Bertz CT molecular complexity index is 500. The lowest BCUT2D eigenvalue weighted by Gasteiger charge is -2.08. The maximum Gasteiger partial charge on any atom is 0.121 e. The quantitative estimate of drug-likeness (QED) is 0.750. The van der Waals surface area contributed by atoms with Crippen LogP contribution in [0.1, 0.15) is 16.7 Å². The van der Waals surface area contributed by atoms with Gasteiger partial charge in [0, 0.05) is 3.57 Å². The van der Waals surface area contributed by atoms with Gasteiger partial charge in [-0.05, 0) is 65.8 Å². The summed E-state index contributed by atoms with van der Waals surface area (Å²) in [5.41, 5.74) is 3.71. The van der Waals surface area contributed by atoms with E-state index in [1.54, 1.807) is 0 Å². The monoisotopic (exact) mass is 338 g/mol. The molecule has 17 heavy (non-hydrogen) atoms. The van der Waals surface area contributed by atoms with Gasteiger partial charge in [-0.15, -0.1) is 0 Å². The van der Waals surface area contributed by atoms with Gasteiger partial charge >= 0.3 is 0 Å². The van der Waals surface area contributed by atoms with E-state index in [1.807, 2.05) is 0 Å². The summed E-state index contributed by atoms with van der Waals surface area (Å²) in [6.07, 6.45) is 0. The normalized spacial score (nSPS) is 10.3. The summed E-state index contributed by atoms with van der Waals surface area (Å²) in [4.78, 5) is 0. The number of halogens is 1. The third-order valence-electron chi connectivity index (χ3n) is 2.50. The van der Waals surface area contributed by atoms with Crippen molar-refractivity contribution >= 4 is 22.6 Å². The number of hydrogen-bond donors (Lipinski definition) is 0. The van der Waals surface area contributed by atoms with Gasteiger partial charge in [0.1, 0.15) is 12.4 Å². The predicted octanol–water partition coefficient (Wildman–Crippen LogP) is 4.49. The van der Waals surface area contributed by atoms with Crippen LogP contribution < -0.4 is 4.74 Å². The summed E-state index contributed by atoms with van der Waals surface area (Å²) in [5.74, 6) is 0.941. The number of hydrogen-bond acceptors (Lipinski definition) is 1. The average Bonchev–Trinajstić information content (AvgIpc) is 2.25. The molecular formula is C15H15IO. The summed E-state index contributed by atoms with van der Waals surface area (Å²) in [6.45, 7) is 4.81.